The fraction of sp³-hybridized carbons (Fsp3) is 0.619. The van der Waals surface area contributed by atoms with E-state index in [1.54, 1.807) is 0 Å². The van der Waals surface area contributed by atoms with Gasteiger partial charge in [0.05, 0.1) is 13.0 Å². The zero-order valence-electron chi connectivity index (χ0n) is 17.0. The Bertz CT molecular complexity index is 608. The molecular formula is C21H33N3O3. The number of piperazine rings is 1. The van der Waals surface area contributed by atoms with Gasteiger partial charge < -0.3 is 19.9 Å². The summed E-state index contributed by atoms with van der Waals surface area (Å²) in [5, 5.41) is 2.97. The molecule has 0 bridgehead atoms. The Morgan fingerprint density at radius 2 is 1.74 bits per heavy atom. The Morgan fingerprint density at radius 3 is 2.30 bits per heavy atom. The lowest BCUT2D eigenvalue weighted by Crippen LogP contribution is -2.54. The van der Waals surface area contributed by atoms with E-state index in [9.17, 15) is 9.59 Å². The van der Waals surface area contributed by atoms with Gasteiger partial charge in [-0.2, -0.15) is 0 Å². The lowest BCUT2D eigenvalue weighted by molar-refractivity contribution is -0.138. The smallest absolute Gasteiger partial charge is 0.245 e. The topological polar surface area (TPSA) is 61.9 Å². The standard InChI is InChI=1S/C21H33N3O3/c1-5-27-18-8-6-17(7-9-18)15-20(25)22-19(14-16(2)3)21(26)24-12-10-23(4)11-13-24/h6-9,16,19H,5,10-15H2,1-4H3,(H,22,25)/t19-/m0/s1. The minimum atomic E-state index is -0.455. The highest BCUT2D eigenvalue weighted by Crippen LogP contribution is 2.14. The SMILES string of the molecule is CCOc1ccc(CC(=O)N[C@@H](CC(C)C)C(=O)N2CCN(C)CC2)cc1. The van der Waals surface area contributed by atoms with Crippen LogP contribution in [0.4, 0.5) is 0 Å². The molecule has 0 unspecified atom stereocenters. The number of hydrogen-bond donors (Lipinski definition) is 1. The van der Waals surface area contributed by atoms with Crippen LogP contribution in [0.25, 0.3) is 0 Å². The van der Waals surface area contributed by atoms with Crippen LogP contribution in [0.3, 0.4) is 0 Å². The Kier molecular flexibility index (Phi) is 8.10. The van der Waals surface area contributed by atoms with E-state index in [4.69, 9.17) is 4.74 Å². The summed E-state index contributed by atoms with van der Waals surface area (Å²) >= 11 is 0. The Morgan fingerprint density at radius 1 is 1.11 bits per heavy atom. The third kappa shape index (κ3) is 6.86. The van der Waals surface area contributed by atoms with Gasteiger partial charge in [0.1, 0.15) is 11.8 Å². The zero-order chi connectivity index (χ0) is 19.8. The van der Waals surface area contributed by atoms with E-state index in [2.05, 4.69) is 31.1 Å². The maximum atomic E-state index is 12.9. The molecule has 1 aliphatic heterocycles. The summed E-state index contributed by atoms with van der Waals surface area (Å²) in [5.41, 5.74) is 0.909. The normalized spacial score (nSPS) is 16.3. The van der Waals surface area contributed by atoms with Crippen LogP contribution in [0, 0.1) is 5.92 Å². The molecule has 1 saturated heterocycles. The summed E-state index contributed by atoms with van der Waals surface area (Å²) in [6.07, 6.45) is 0.914. The van der Waals surface area contributed by atoms with E-state index in [1.165, 1.54) is 0 Å². The number of ether oxygens (including phenoxy) is 1. The number of hydrogen-bond acceptors (Lipinski definition) is 4. The quantitative estimate of drug-likeness (QED) is 0.754. The molecule has 2 amide bonds. The van der Waals surface area contributed by atoms with Crippen LogP contribution in [0.5, 0.6) is 5.75 Å². The summed E-state index contributed by atoms with van der Waals surface area (Å²) in [7, 11) is 2.06. The Labute approximate surface area is 162 Å². The van der Waals surface area contributed by atoms with Crippen molar-refractivity contribution < 1.29 is 14.3 Å². The van der Waals surface area contributed by atoms with Crippen molar-refractivity contribution >= 4 is 11.8 Å². The molecule has 27 heavy (non-hydrogen) atoms. The van der Waals surface area contributed by atoms with Crippen LogP contribution in [0.15, 0.2) is 24.3 Å². The van der Waals surface area contributed by atoms with Crippen LogP contribution in [0.2, 0.25) is 0 Å². The Balaban J connectivity index is 1.95. The number of benzene rings is 1. The highest BCUT2D eigenvalue weighted by molar-refractivity contribution is 5.88. The van der Waals surface area contributed by atoms with E-state index < -0.39 is 6.04 Å². The zero-order valence-corrected chi connectivity index (χ0v) is 17.0. The molecule has 0 aromatic heterocycles. The molecule has 1 aromatic rings. The largest absolute Gasteiger partial charge is 0.494 e. The van der Waals surface area contributed by atoms with Crippen LogP contribution in [-0.2, 0) is 16.0 Å². The average Bonchev–Trinajstić information content (AvgIpc) is 2.63. The molecule has 0 spiro atoms. The Hall–Kier alpha value is -2.08. The van der Waals surface area contributed by atoms with Gasteiger partial charge in [-0.15, -0.1) is 0 Å². The lowest BCUT2D eigenvalue weighted by atomic mass is 10.0. The average molecular weight is 376 g/mol. The number of rotatable bonds is 8. The first-order chi connectivity index (χ1) is 12.9. The number of carbonyl (C=O) groups excluding carboxylic acids is 2. The van der Waals surface area contributed by atoms with E-state index in [0.717, 1.165) is 37.5 Å². The fourth-order valence-corrected chi connectivity index (χ4v) is 3.24. The molecule has 1 N–H and O–H groups in total. The van der Waals surface area contributed by atoms with Gasteiger partial charge in [-0.1, -0.05) is 26.0 Å². The van der Waals surface area contributed by atoms with Gasteiger partial charge in [0.25, 0.3) is 0 Å². The van der Waals surface area contributed by atoms with Gasteiger partial charge in [0, 0.05) is 26.2 Å². The molecule has 1 fully saturated rings. The fourth-order valence-electron chi connectivity index (χ4n) is 3.24. The number of amides is 2. The van der Waals surface area contributed by atoms with Crippen molar-refractivity contribution in [3.8, 4) is 5.75 Å². The second-order valence-corrected chi connectivity index (χ2v) is 7.63. The van der Waals surface area contributed by atoms with Crippen LogP contribution in [0.1, 0.15) is 32.8 Å². The second kappa shape index (κ2) is 10.3. The van der Waals surface area contributed by atoms with Gasteiger partial charge >= 0.3 is 0 Å². The van der Waals surface area contributed by atoms with Gasteiger partial charge in [0.15, 0.2) is 0 Å². The predicted octanol–water partition coefficient (Wildman–Crippen LogP) is 1.93. The number of carbonyl (C=O) groups is 2. The van der Waals surface area contributed by atoms with E-state index in [0.29, 0.717) is 18.9 Å². The summed E-state index contributed by atoms with van der Waals surface area (Å²) in [6, 6.07) is 7.07. The monoisotopic (exact) mass is 375 g/mol. The van der Waals surface area contributed by atoms with Gasteiger partial charge in [-0.25, -0.2) is 0 Å². The van der Waals surface area contributed by atoms with Gasteiger partial charge in [-0.3, -0.25) is 9.59 Å². The highest BCUT2D eigenvalue weighted by Gasteiger charge is 2.28. The molecule has 1 aromatic carbocycles. The minimum absolute atomic E-state index is 0.0387. The number of nitrogens with zero attached hydrogens (tertiary/aromatic N) is 2. The van der Waals surface area contributed by atoms with Crippen LogP contribution >= 0.6 is 0 Å². The molecule has 1 aliphatic rings. The van der Waals surface area contributed by atoms with Crippen molar-refractivity contribution in [3.63, 3.8) is 0 Å². The molecule has 2 rings (SSSR count). The lowest BCUT2D eigenvalue weighted by Gasteiger charge is -2.35. The van der Waals surface area contributed by atoms with Gasteiger partial charge in [0.2, 0.25) is 11.8 Å². The van der Waals surface area contributed by atoms with Crippen LogP contribution < -0.4 is 10.1 Å². The van der Waals surface area contributed by atoms with E-state index in [1.807, 2.05) is 36.1 Å². The molecule has 6 heteroatoms. The summed E-state index contributed by atoms with van der Waals surface area (Å²) in [4.78, 5) is 29.5. The molecule has 6 nitrogen and oxygen atoms in total. The van der Waals surface area contributed by atoms with Crippen LogP contribution in [-0.4, -0.2) is 67.5 Å². The molecule has 1 atom stereocenters. The number of likely N-dealkylation sites (N-methyl/N-ethyl adjacent to an activating group) is 1. The van der Waals surface area contributed by atoms with Gasteiger partial charge in [-0.05, 0) is 44.0 Å². The molecule has 0 radical (unpaired) electrons. The minimum Gasteiger partial charge on any atom is -0.494 e. The predicted molar refractivity (Wildman–Crippen MR) is 107 cm³/mol. The second-order valence-electron chi connectivity index (χ2n) is 7.63. The first kappa shape index (κ1) is 21.2. The molecule has 0 saturated carbocycles. The van der Waals surface area contributed by atoms with Crippen molar-refractivity contribution in [1.82, 2.24) is 15.1 Å². The highest BCUT2D eigenvalue weighted by atomic mass is 16.5. The third-order valence-corrected chi connectivity index (χ3v) is 4.75. The van der Waals surface area contributed by atoms with E-state index >= 15 is 0 Å². The van der Waals surface area contributed by atoms with Crippen molar-refractivity contribution in [3.05, 3.63) is 29.8 Å². The van der Waals surface area contributed by atoms with E-state index in [-0.39, 0.29) is 18.2 Å². The first-order valence-electron chi connectivity index (χ1n) is 9.87. The van der Waals surface area contributed by atoms with Crippen molar-refractivity contribution in [2.75, 3.05) is 39.8 Å². The first-order valence-corrected chi connectivity index (χ1v) is 9.87. The third-order valence-electron chi connectivity index (χ3n) is 4.75. The summed E-state index contributed by atoms with van der Waals surface area (Å²) in [6.45, 7) is 9.89. The molecular weight excluding hydrogens is 342 g/mol. The molecule has 0 aliphatic carbocycles. The summed E-state index contributed by atoms with van der Waals surface area (Å²) in [5.74, 6) is 1.05. The van der Waals surface area contributed by atoms with Crippen molar-refractivity contribution in [1.29, 1.82) is 0 Å². The van der Waals surface area contributed by atoms with Crippen molar-refractivity contribution in [2.45, 2.75) is 39.7 Å². The molecule has 1 heterocycles. The number of nitrogens with one attached hydrogen (secondary N) is 1. The van der Waals surface area contributed by atoms with Crippen molar-refractivity contribution in [2.24, 2.45) is 5.92 Å². The maximum Gasteiger partial charge on any atom is 0.245 e. The maximum absolute atomic E-state index is 12.9. The molecule has 150 valence electrons. The summed E-state index contributed by atoms with van der Waals surface area (Å²) < 4.78 is 5.43.